The number of piperidine rings is 1. The lowest BCUT2D eigenvalue weighted by Crippen LogP contribution is -2.36. The summed E-state index contributed by atoms with van der Waals surface area (Å²) < 4.78 is 0. The van der Waals surface area contributed by atoms with Crippen LogP contribution >= 0.6 is 0 Å². The van der Waals surface area contributed by atoms with Gasteiger partial charge in [-0.05, 0) is 64.3 Å². The van der Waals surface area contributed by atoms with Crippen molar-refractivity contribution in [2.45, 2.75) is 40.2 Å². The zero-order valence-corrected chi connectivity index (χ0v) is 12.7. The Hall–Kier alpha value is -0.860. The maximum absolute atomic E-state index is 3.64. The van der Waals surface area contributed by atoms with Crippen LogP contribution in [-0.4, -0.2) is 31.1 Å². The van der Waals surface area contributed by atoms with Crippen molar-refractivity contribution in [1.82, 2.24) is 10.2 Å². The van der Waals surface area contributed by atoms with E-state index in [0.717, 1.165) is 12.5 Å². The maximum Gasteiger partial charge on any atom is 0.0205 e. The molecule has 0 amide bonds. The summed E-state index contributed by atoms with van der Waals surface area (Å²) >= 11 is 0. The molecule has 1 aliphatic rings. The zero-order valence-electron chi connectivity index (χ0n) is 12.7. The monoisotopic (exact) mass is 260 g/mol. The smallest absolute Gasteiger partial charge is 0.0205 e. The summed E-state index contributed by atoms with van der Waals surface area (Å²) in [6.45, 7) is 12.6. The first kappa shape index (κ1) is 14.5. The Morgan fingerprint density at radius 2 is 1.74 bits per heavy atom. The van der Waals surface area contributed by atoms with Gasteiger partial charge in [0, 0.05) is 6.54 Å². The number of nitrogens with one attached hydrogen (secondary N) is 1. The van der Waals surface area contributed by atoms with Crippen molar-refractivity contribution in [3.63, 3.8) is 0 Å². The van der Waals surface area contributed by atoms with Crippen molar-refractivity contribution in [3.8, 4) is 0 Å². The van der Waals surface area contributed by atoms with Gasteiger partial charge in [0.05, 0.1) is 0 Å². The lowest BCUT2D eigenvalue weighted by molar-refractivity contribution is 0.190. The highest BCUT2D eigenvalue weighted by Crippen LogP contribution is 2.16. The Bertz CT molecular complexity index is 372. The number of hydrogen-bond acceptors (Lipinski definition) is 2. The van der Waals surface area contributed by atoms with Gasteiger partial charge in [-0.25, -0.2) is 0 Å². The van der Waals surface area contributed by atoms with Crippen molar-refractivity contribution in [1.29, 1.82) is 0 Å². The predicted molar refractivity (Wildman–Crippen MR) is 82.5 cm³/mol. The SMILES string of the molecule is CCN1CCC(CNCc2cc(C)cc(C)c2)CC1. The molecule has 0 saturated carbocycles. The van der Waals surface area contributed by atoms with Gasteiger partial charge in [0.1, 0.15) is 0 Å². The van der Waals surface area contributed by atoms with Crippen LogP contribution in [-0.2, 0) is 6.54 Å². The van der Waals surface area contributed by atoms with E-state index in [-0.39, 0.29) is 0 Å². The van der Waals surface area contributed by atoms with E-state index in [1.165, 1.54) is 55.7 Å². The van der Waals surface area contributed by atoms with Crippen molar-refractivity contribution in [3.05, 3.63) is 34.9 Å². The van der Waals surface area contributed by atoms with E-state index >= 15 is 0 Å². The second kappa shape index (κ2) is 7.06. The van der Waals surface area contributed by atoms with Crippen molar-refractivity contribution in [2.75, 3.05) is 26.2 Å². The molecule has 1 N–H and O–H groups in total. The molecule has 1 aromatic rings. The van der Waals surface area contributed by atoms with Crippen molar-refractivity contribution >= 4 is 0 Å². The Morgan fingerprint density at radius 1 is 1.11 bits per heavy atom. The number of nitrogens with zero attached hydrogens (tertiary/aromatic N) is 1. The maximum atomic E-state index is 3.64. The van der Waals surface area contributed by atoms with E-state index in [4.69, 9.17) is 0 Å². The molecule has 1 fully saturated rings. The lowest BCUT2D eigenvalue weighted by Gasteiger charge is -2.31. The molecule has 0 unspecified atom stereocenters. The third-order valence-electron chi connectivity index (χ3n) is 4.20. The van der Waals surface area contributed by atoms with E-state index in [9.17, 15) is 0 Å². The predicted octanol–water partition coefficient (Wildman–Crippen LogP) is 3.12. The van der Waals surface area contributed by atoms with E-state index in [1.807, 2.05) is 0 Å². The molecule has 0 aromatic heterocycles. The van der Waals surface area contributed by atoms with Gasteiger partial charge in [-0.1, -0.05) is 36.2 Å². The molecule has 0 radical (unpaired) electrons. The quantitative estimate of drug-likeness (QED) is 0.875. The molecule has 0 bridgehead atoms. The molecular weight excluding hydrogens is 232 g/mol. The number of hydrogen-bond donors (Lipinski definition) is 1. The molecule has 1 heterocycles. The van der Waals surface area contributed by atoms with Crippen LogP contribution in [0.25, 0.3) is 0 Å². The van der Waals surface area contributed by atoms with Gasteiger partial charge < -0.3 is 10.2 Å². The third kappa shape index (κ3) is 4.63. The highest BCUT2D eigenvalue weighted by Gasteiger charge is 2.17. The zero-order chi connectivity index (χ0) is 13.7. The van der Waals surface area contributed by atoms with Gasteiger partial charge in [-0.2, -0.15) is 0 Å². The Balaban J connectivity index is 1.72. The summed E-state index contributed by atoms with van der Waals surface area (Å²) in [5.74, 6) is 0.869. The van der Waals surface area contributed by atoms with Crippen molar-refractivity contribution in [2.24, 2.45) is 5.92 Å². The van der Waals surface area contributed by atoms with Gasteiger partial charge in [-0.3, -0.25) is 0 Å². The van der Waals surface area contributed by atoms with E-state index < -0.39 is 0 Å². The average molecular weight is 260 g/mol. The minimum atomic E-state index is 0.869. The molecule has 0 atom stereocenters. The average Bonchev–Trinajstić information content (AvgIpc) is 2.38. The highest BCUT2D eigenvalue weighted by atomic mass is 15.1. The largest absolute Gasteiger partial charge is 0.312 e. The summed E-state index contributed by atoms with van der Waals surface area (Å²) in [7, 11) is 0. The Morgan fingerprint density at radius 3 is 2.32 bits per heavy atom. The highest BCUT2D eigenvalue weighted by molar-refractivity contribution is 5.28. The first-order valence-corrected chi connectivity index (χ1v) is 7.67. The van der Waals surface area contributed by atoms with Gasteiger partial charge in [0.15, 0.2) is 0 Å². The molecule has 1 aromatic carbocycles. The summed E-state index contributed by atoms with van der Waals surface area (Å²) in [5.41, 5.74) is 4.16. The first-order chi connectivity index (χ1) is 9.17. The molecule has 106 valence electrons. The van der Waals surface area contributed by atoms with Gasteiger partial charge in [0.25, 0.3) is 0 Å². The molecular formula is C17H28N2. The molecule has 2 nitrogen and oxygen atoms in total. The molecule has 2 heteroatoms. The fourth-order valence-electron chi connectivity index (χ4n) is 3.10. The molecule has 1 aliphatic heterocycles. The summed E-state index contributed by atoms with van der Waals surface area (Å²) in [6, 6.07) is 6.82. The van der Waals surface area contributed by atoms with Crippen LogP contribution in [0.5, 0.6) is 0 Å². The van der Waals surface area contributed by atoms with Crippen LogP contribution in [0.1, 0.15) is 36.5 Å². The fourth-order valence-corrected chi connectivity index (χ4v) is 3.10. The number of likely N-dealkylation sites (tertiary alicyclic amines) is 1. The van der Waals surface area contributed by atoms with Crippen LogP contribution in [0.4, 0.5) is 0 Å². The fraction of sp³-hybridized carbons (Fsp3) is 0.647. The van der Waals surface area contributed by atoms with Crippen LogP contribution in [0.3, 0.4) is 0 Å². The van der Waals surface area contributed by atoms with Crippen molar-refractivity contribution < 1.29 is 0 Å². The number of aryl methyl sites for hydroxylation is 2. The lowest BCUT2D eigenvalue weighted by atomic mass is 9.96. The van der Waals surface area contributed by atoms with Crippen LogP contribution in [0, 0.1) is 19.8 Å². The molecule has 0 spiro atoms. The van der Waals surface area contributed by atoms with E-state index in [0.29, 0.717) is 0 Å². The second-order valence-corrected chi connectivity index (χ2v) is 6.00. The molecule has 19 heavy (non-hydrogen) atoms. The standard InChI is InChI=1S/C17H28N2/c1-4-19-7-5-16(6-8-19)12-18-13-17-10-14(2)9-15(3)11-17/h9-11,16,18H,4-8,12-13H2,1-3H3. The second-order valence-electron chi connectivity index (χ2n) is 6.00. The van der Waals surface area contributed by atoms with Gasteiger partial charge >= 0.3 is 0 Å². The summed E-state index contributed by atoms with van der Waals surface area (Å²) in [5, 5.41) is 3.64. The molecule has 1 saturated heterocycles. The Kier molecular flexibility index (Phi) is 5.41. The third-order valence-corrected chi connectivity index (χ3v) is 4.20. The van der Waals surface area contributed by atoms with Crippen LogP contribution in [0.2, 0.25) is 0 Å². The van der Waals surface area contributed by atoms with Crippen LogP contribution in [0.15, 0.2) is 18.2 Å². The number of benzene rings is 1. The van der Waals surface area contributed by atoms with E-state index in [2.05, 4.69) is 49.2 Å². The van der Waals surface area contributed by atoms with Gasteiger partial charge in [-0.15, -0.1) is 0 Å². The normalized spacial score (nSPS) is 17.8. The minimum absolute atomic E-state index is 0.869. The topological polar surface area (TPSA) is 15.3 Å². The van der Waals surface area contributed by atoms with Crippen LogP contribution < -0.4 is 5.32 Å². The molecule has 0 aliphatic carbocycles. The van der Waals surface area contributed by atoms with E-state index in [1.54, 1.807) is 0 Å². The Labute approximate surface area is 118 Å². The first-order valence-electron chi connectivity index (χ1n) is 7.67. The number of rotatable bonds is 5. The summed E-state index contributed by atoms with van der Waals surface area (Å²) in [4.78, 5) is 2.56. The molecule has 2 rings (SSSR count). The van der Waals surface area contributed by atoms with Gasteiger partial charge in [0.2, 0.25) is 0 Å². The minimum Gasteiger partial charge on any atom is -0.312 e. The summed E-state index contributed by atoms with van der Waals surface area (Å²) in [6.07, 6.45) is 2.71.